The van der Waals surface area contributed by atoms with Gasteiger partial charge in [0, 0.05) is 4.47 Å². The largest absolute Gasteiger partial charge is 0.242 e. The summed E-state index contributed by atoms with van der Waals surface area (Å²) in [5, 5.41) is 1.39. The standard InChI is InChI=1S/C10H11BrNS/c1-12-5-6-13-10(12)8-3-2-4-9(11)7-8/h2-4,7H,5-6H2,1H3/q+1. The minimum absolute atomic E-state index is 1.15. The maximum absolute atomic E-state index is 3.49. The van der Waals surface area contributed by atoms with Gasteiger partial charge in [-0.25, -0.2) is 4.58 Å². The van der Waals surface area contributed by atoms with E-state index in [0.717, 1.165) is 11.0 Å². The summed E-state index contributed by atoms with van der Waals surface area (Å²) in [6, 6.07) is 8.47. The number of thioether (sulfide) groups is 1. The van der Waals surface area contributed by atoms with Crippen LogP contribution >= 0.6 is 27.7 Å². The first-order chi connectivity index (χ1) is 6.27. The second-order valence-corrected chi connectivity index (χ2v) is 5.08. The molecule has 0 saturated heterocycles. The molecule has 0 aliphatic carbocycles. The molecule has 0 bridgehead atoms. The van der Waals surface area contributed by atoms with E-state index < -0.39 is 0 Å². The predicted octanol–water partition coefficient (Wildman–Crippen LogP) is 2.58. The summed E-state index contributed by atoms with van der Waals surface area (Å²) < 4.78 is 3.46. The van der Waals surface area contributed by atoms with E-state index in [9.17, 15) is 0 Å². The molecule has 0 aromatic heterocycles. The Morgan fingerprint density at radius 1 is 1.46 bits per heavy atom. The Kier molecular flexibility index (Phi) is 2.74. The number of rotatable bonds is 1. The molecule has 0 saturated carbocycles. The predicted molar refractivity (Wildman–Crippen MR) is 61.8 cm³/mol. The lowest BCUT2D eigenvalue weighted by molar-refractivity contribution is -0.485. The van der Waals surface area contributed by atoms with Crippen molar-refractivity contribution in [1.29, 1.82) is 0 Å². The Hall–Kier alpha value is -0.280. The van der Waals surface area contributed by atoms with Gasteiger partial charge in [0.15, 0.2) is 6.54 Å². The van der Waals surface area contributed by atoms with Crippen molar-refractivity contribution in [3.63, 3.8) is 0 Å². The third kappa shape index (κ3) is 1.97. The quantitative estimate of drug-likeness (QED) is 0.699. The van der Waals surface area contributed by atoms with Gasteiger partial charge in [0.2, 0.25) is 5.04 Å². The van der Waals surface area contributed by atoms with Crippen molar-refractivity contribution in [3.8, 4) is 0 Å². The molecule has 3 heteroatoms. The number of hydrogen-bond donors (Lipinski definition) is 0. The van der Waals surface area contributed by atoms with Crippen LogP contribution in [0.25, 0.3) is 0 Å². The summed E-state index contributed by atoms with van der Waals surface area (Å²) in [5.41, 5.74) is 1.32. The third-order valence-electron chi connectivity index (χ3n) is 2.08. The highest BCUT2D eigenvalue weighted by atomic mass is 79.9. The second kappa shape index (κ2) is 3.84. The molecule has 0 unspecified atom stereocenters. The van der Waals surface area contributed by atoms with E-state index in [0.29, 0.717) is 0 Å². The summed E-state index contributed by atoms with van der Waals surface area (Å²) in [7, 11) is 2.15. The highest BCUT2D eigenvalue weighted by molar-refractivity contribution is 9.10. The second-order valence-electron chi connectivity index (χ2n) is 3.09. The average molecular weight is 257 g/mol. The summed E-state index contributed by atoms with van der Waals surface area (Å²) >= 11 is 5.42. The molecule has 0 radical (unpaired) electrons. The van der Waals surface area contributed by atoms with Crippen molar-refractivity contribution in [2.24, 2.45) is 0 Å². The first-order valence-electron chi connectivity index (χ1n) is 4.24. The molecule has 0 spiro atoms. The molecule has 1 aliphatic heterocycles. The number of nitrogens with zero attached hydrogens (tertiary/aromatic N) is 1. The van der Waals surface area contributed by atoms with Crippen LogP contribution in [-0.2, 0) is 0 Å². The lowest BCUT2D eigenvalue weighted by Crippen LogP contribution is -2.09. The van der Waals surface area contributed by atoms with Gasteiger partial charge in [-0.15, -0.1) is 0 Å². The maximum atomic E-state index is 3.49. The summed E-state index contributed by atoms with van der Waals surface area (Å²) in [4.78, 5) is 0. The molecule has 1 heterocycles. The maximum Gasteiger partial charge on any atom is 0.242 e. The van der Waals surface area contributed by atoms with Gasteiger partial charge < -0.3 is 0 Å². The molecule has 0 fully saturated rings. The van der Waals surface area contributed by atoms with E-state index in [1.807, 2.05) is 11.8 Å². The van der Waals surface area contributed by atoms with Crippen LogP contribution in [0.1, 0.15) is 5.56 Å². The topological polar surface area (TPSA) is 3.01 Å². The minimum atomic E-state index is 1.15. The van der Waals surface area contributed by atoms with Crippen molar-refractivity contribution in [1.82, 2.24) is 0 Å². The first-order valence-corrected chi connectivity index (χ1v) is 6.02. The van der Waals surface area contributed by atoms with E-state index in [2.05, 4.69) is 51.8 Å². The van der Waals surface area contributed by atoms with Crippen LogP contribution in [0.4, 0.5) is 0 Å². The third-order valence-corrected chi connectivity index (χ3v) is 3.78. The zero-order valence-electron chi connectivity index (χ0n) is 7.46. The monoisotopic (exact) mass is 256 g/mol. The Morgan fingerprint density at radius 2 is 2.31 bits per heavy atom. The van der Waals surface area contributed by atoms with Crippen LogP contribution in [0.15, 0.2) is 28.7 Å². The van der Waals surface area contributed by atoms with Gasteiger partial charge in [-0.3, -0.25) is 0 Å². The molecular formula is C10H11BrNS+. The van der Waals surface area contributed by atoms with Crippen molar-refractivity contribution >= 4 is 32.7 Å². The van der Waals surface area contributed by atoms with Gasteiger partial charge in [-0.1, -0.05) is 33.8 Å². The minimum Gasteiger partial charge on any atom is -0.226 e. The molecule has 13 heavy (non-hydrogen) atoms. The van der Waals surface area contributed by atoms with E-state index in [1.54, 1.807) is 0 Å². The molecule has 0 atom stereocenters. The van der Waals surface area contributed by atoms with E-state index in [4.69, 9.17) is 0 Å². The zero-order valence-corrected chi connectivity index (χ0v) is 9.86. The van der Waals surface area contributed by atoms with Crippen LogP contribution < -0.4 is 0 Å². The smallest absolute Gasteiger partial charge is 0.226 e. The van der Waals surface area contributed by atoms with Crippen molar-refractivity contribution < 1.29 is 4.58 Å². The summed E-state index contributed by atoms with van der Waals surface area (Å²) in [6.07, 6.45) is 0. The van der Waals surface area contributed by atoms with Crippen LogP contribution in [0, 0.1) is 0 Å². The molecule has 2 rings (SSSR count). The SMILES string of the molecule is C[N+]1=C(c2cccc(Br)c2)SCC1. The van der Waals surface area contributed by atoms with Gasteiger partial charge in [-0.2, -0.15) is 0 Å². The normalized spacial score (nSPS) is 16.8. The first kappa shape index (κ1) is 9.28. The van der Waals surface area contributed by atoms with Gasteiger partial charge >= 0.3 is 0 Å². The van der Waals surface area contributed by atoms with Gasteiger partial charge in [0.05, 0.1) is 11.3 Å². The van der Waals surface area contributed by atoms with E-state index in [-0.39, 0.29) is 0 Å². The van der Waals surface area contributed by atoms with Crippen LogP contribution in [0.2, 0.25) is 0 Å². The lowest BCUT2D eigenvalue weighted by Gasteiger charge is -1.97. The average Bonchev–Trinajstić information content (AvgIpc) is 2.51. The molecule has 1 aromatic rings. The lowest BCUT2D eigenvalue weighted by atomic mass is 10.2. The van der Waals surface area contributed by atoms with E-state index in [1.165, 1.54) is 16.4 Å². The molecule has 1 nitrogen and oxygen atoms in total. The Labute approximate surface area is 91.0 Å². The summed E-state index contributed by atoms with van der Waals surface area (Å²) in [6.45, 7) is 1.16. The molecule has 68 valence electrons. The fourth-order valence-electron chi connectivity index (χ4n) is 1.42. The molecule has 0 amide bonds. The summed E-state index contributed by atoms with van der Waals surface area (Å²) in [5.74, 6) is 1.21. The molecule has 1 aromatic carbocycles. The highest BCUT2D eigenvalue weighted by Gasteiger charge is 2.21. The van der Waals surface area contributed by atoms with Gasteiger partial charge in [0.25, 0.3) is 0 Å². The molecule has 0 N–H and O–H groups in total. The van der Waals surface area contributed by atoms with Crippen molar-refractivity contribution in [2.45, 2.75) is 0 Å². The van der Waals surface area contributed by atoms with Crippen molar-refractivity contribution in [2.75, 3.05) is 19.3 Å². The van der Waals surface area contributed by atoms with Crippen LogP contribution in [-0.4, -0.2) is 29.0 Å². The molecule has 1 aliphatic rings. The highest BCUT2D eigenvalue weighted by Crippen LogP contribution is 2.20. The molecular weight excluding hydrogens is 246 g/mol. The van der Waals surface area contributed by atoms with Crippen LogP contribution in [0.5, 0.6) is 0 Å². The number of hydrogen-bond acceptors (Lipinski definition) is 1. The van der Waals surface area contributed by atoms with Crippen LogP contribution in [0.3, 0.4) is 0 Å². The van der Waals surface area contributed by atoms with Crippen molar-refractivity contribution in [3.05, 3.63) is 34.3 Å². The fourth-order valence-corrected chi connectivity index (χ4v) is 2.98. The number of benzene rings is 1. The fraction of sp³-hybridized carbons (Fsp3) is 0.300. The zero-order chi connectivity index (χ0) is 9.26. The Balaban J connectivity index is 2.40. The Bertz CT molecular complexity index is 360. The Morgan fingerprint density at radius 3 is 2.92 bits per heavy atom. The number of halogens is 1. The van der Waals surface area contributed by atoms with E-state index >= 15 is 0 Å². The van der Waals surface area contributed by atoms with Gasteiger partial charge in [0.1, 0.15) is 7.05 Å². The van der Waals surface area contributed by atoms with Gasteiger partial charge in [-0.05, 0) is 18.2 Å².